The summed E-state index contributed by atoms with van der Waals surface area (Å²) in [6.07, 6.45) is 3.60. The molecule has 0 bridgehead atoms. The molecule has 0 fully saturated rings. The Kier molecular flexibility index (Phi) is 1.43. The SMILES string of the molecule is Cn1c2c(c3cc(O)ccc31)CCC2. The van der Waals surface area contributed by atoms with Gasteiger partial charge in [0, 0.05) is 23.6 Å². The van der Waals surface area contributed by atoms with Gasteiger partial charge in [0.25, 0.3) is 0 Å². The number of fused-ring (bicyclic) bond motifs is 3. The zero-order valence-corrected chi connectivity index (χ0v) is 8.25. The van der Waals surface area contributed by atoms with E-state index >= 15 is 0 Å². The molecule has 2 aromatic rings. The fourth-order valence-electron chi connectivity index (χ4n) is 2.59. The largest absolute Gasteiger partial charge is 0.508 e. The summed E-state index contributed by atoms with van der Waals surface area (Å²) < 4.78 is 2.26. The van der Waals surface area contributed by atoms with Crippen molar-refractivity contribution < 1.29 is 5.11 Å². The lowest BCUT2D eigenvalue weighted by molar-refractivity contribution is 0.476. The third kappa shape index (κ3) is 0.857. The van der Waals surface area contributed by atoms with E-state index in [9.17, 15) is 5.11 Å². The minimum absolute atomic E-state index is 0.373. The van der Waals surface area contributed by atoms with Gasteiger partial charge in [0.05, 0.1) is 0 Å². The van der Waals surface area contributed by atoms with Gasteiger partial charge in [-0.25, -0.2) is 0 Å². The van der Waals surface area contributed by atoms with Crippen molar-refractivity contribution in [3.8, 4) is 5.75 Å². The first-order valence-electron chi connectivity index (χ1n) is 5.06. The molecule has 0 atom stereocenters. The molecule has 2 nitrogen and oxygen atoms in total. The van der Waals surface area contributed by atoms with E-state index in [0.717, 1.165) is 6.42 Å². The van der Waals surface area contributed by atoms with Crippen LogP contribution in [0.2, 0.25) is 0 Å². The number of hydrogen-bond acceptors (Lipinski definition) is 1. The van der Waals surface area contributed by atoms with E-state index < -0.39 is 0 Å². The zero-order chi connectivity index (χ0) is 9.71. The summed E-state index contributed by atoms with van der Waals surface area (Å²) in [5, 5.41) is 10.7. The number of phenolic OH excluding ortho intramolecular Hbond substituents is 1. The van der Waals surface area contributed by atoms with Crippen LogP contribution in [0.5, 0.6) is 5.75 Å². The molecule has 0 saturated heterocycles. The van der Waals surface area contributed by atoms with Gasteiger partial charge in [-0.3, -0.25) is 0 Å². The Morgan fingerprint density at radius 2 is 2.14 bits per heavy atom. The number of hydrogen-bond donors (Lipinski definition) is 1. The maximum atomic E-state index is 9.46. The van der Waals surface area contributed by atoms with Crippen LogP contribution in [0.1, 0.15) is 17.7 Å². The molecule has 1 N–H and O–H groups in total. The molecule has 0 aliphatic heterocycles. The van der Waals surface area contributed by atoms with Gasteiger partial charge in [-0.1, -0.05) is 0 Å². The molecule has 1 aromatic heterocycles. The molecule has 1 aliphatic rings. The van der Waals surface area contributed by atoms with E-state index in [2.05, 4.69) is 11.6 Å². The normalized spacial score (nSPS) is 14.9. The Bertz CT molecular complexity index is 511. The molecule has 1 aliphatic carbocycles. The molecule has 3 rings (SSSR count). The highest BCUT2D eigenvalue weighted by molar-refractivity contribution is 5.87. The van der Waals surface area contributed by atoms with Crippen LogP contribution in [-0.4, -0.2) is 9.67 Å². The topological polar surface area (TPSA) is 25.2 Å². The Balaban J connectivity index is 2.45. The van der Waals surface area contributed by atoms with Crippen LogP contribution in [0, 0.1) is 0 Å². The number of nitrogens with zero attached hydrogens (tertiary/aromatic N) is 1. The monoisotopic (exact) mass is 187 g/mol. The molecule has 0 unspecified atom stereocenters. The average Bonchev–Trinajstić information content (AvgIpc) is 2.71. The summed E-state index contributed by atoms with van der Waals surface area (Å²) in [4.78, 5) is 0. The molecule has 1 heterocycles. The first kappa shape index (κ1) is 7.92. The van der Waals surface area contributed by atoms with Crippen LogP contribution in [0.4, 0.5) is 0 Å². The van der Waals surface area contributed by atoms with E-state index in [0.29, 0.717) is 5.75 Å². The number of rotatable bonds is 0. The Hall–Kier alpha value is -1.44. The highest BCUT2D eigenvalue weighted by Gasteiger charge is 2.19. The summed E-state index contributed by atoms with van der Waals surface area (Å²) in [5.41, 5.74) is 4.14. The van der Waals surface area contributed by atoms with E-state index in [1.54, 1.807) is 6.07 Å². The maximum absolute atomic E-state index is 9.46. The number of aromatic hydroxyl groups is 1. The molecule has 72 valence electrons. The number of aromatic nitrogens is 1. The first-order valence-corrected chi connectivity index (χ1v) is 5.06. The van der Waals surface area contributed by atoms with Gasteiger partial charge in [0.15, 0.2) is 0 Å². The van der Waals surface area contributed by atoms with Crippen LogP contribution in [-0.2, 0) is 19.9 Å². The predicted molar refractivity (Wildman–Crippen MR) is 56.6 cm³/mol. The quantitative estimate of drug-likeness (QED) is 0.673. The molecule has 0 radical (unpaired) electrons. The van der Waals surface area contributed by atoms with Crippen molar-refractivity contribution in [1.82, 2.24) is 4.57 Å². The highest BCUT2D eigenvalue weighted by Crippen LogP contribution is 2.33. The fourth-order valence-corrected chi connectivity index (χ4v) is 2.59. The Morgan fingerprint density at radius 3 is 3.00 bits per heavy atom. The van der Waals surface area contributed by atoms with E-state index in [-0.39, 0.29) is 0 Å². The maximum Gasteiger partial charge on any atom is 0.116 e. The van der Waals surface area contributed by atoms with E-state index in [1.165, 1.54) is 35.0 Å². The van der Waals surface area contributed by atoms with Crippen molar-refractivity contribution in [2.45, 2.75) is 19.3 Å². The molecule has 0 amide bonds. The van der Waals surface area contributed by atoms with Gasteiger partial charge in [-0.05, 0) is 43.0 Å². The van der Waals surface area contributed by atoms with E-state index in [4.69, 9.17) is 0 Å². The van der Waals surface area contributed by atoms with Gasteiger partial charge in [0.1, 0.15) is 5.75 Å². The first-order chi connectivity index (χ1) is 6.77. The minimum atomic E-state index is 0.373. The third-order valence-corrected chi connectivity index (χ3v) is 3.26. The average molecular weight is 187 g/mol. The van der Waals surface area contributed by atoms with Gasteiger partial charge in [0.2, 0.25) is 0 Å². The number of benzene rings is 1. The van der Waals surface area contributed by atoms with Crippen LogP contribution in [0.3, 0.4) is 0 Å². The van der Waals surface area contributed by atoms with Crippen LogP contribution in [0.15, 0.2) is 18.2 Å². The van der Waals surface area contributed by atoms with Crippen molar-refractivity contribution in [1.29, 1.82) is 0 Å². The van der Waals surface area contributed by atoms with Gasteiger partial charge >= 0.3 is 0 Å². The number of aryl methyl sites for hydroxylation is 2. The van der Waals surface area contributed by atoms with Crippen molar-refractivity contribution >= 4 is 10.9 Å². The van der Waals surface area contributed by atoms with Crippen molar-refractivity contribution in [3.05, 3.63) is 29.5 Å². The van der Waals surface area contributed by atoms with Crippen molar-refractivity contribution in [3.63, 3.8) is 0 Å². The second-order valence-electron chi connectivity index (χ2n) is 4.04. The van der Waals surface area contributed by atoms with Crippen molar-refractivity contribution in [2.24, 2.45) is 7.05 Å². The standard InChI is InChI=1S/C12H13NO/c1-13-11-4-2-3-9(11)10-7-8(14)5-6-12(10)13/h5-7,14H,2-4H2,1H3. The lowest BCUT2D eigenvalue weighted by Crippen LogP contribution is -1.92. The van der Waals surface area contributed by atoms with Crippen LogP contribution < -0.4 is 0 Å². The van der Waals surface area contributed by atoms with E-state index in [1.807, 2.05) is 12.1 Å². The van der Waals surface area contributed by atoms with Crippen LogP contribution >= 0.6 is 0 Å². The highest BCUT2D eigenvalue weighted by atomic mass is 16.3. The molecular weight excluding hydrogens is 174 g/mol. The number of phenols is 1. The molecular formula is C12H13NO. The summed E-state index contributed by atoms with van der Waals surface area (Å²) in [5.74, 6) is 0.373. The second-order valence-corrected chi connectivity index (χ2v) is 4.04. The predicted octanol–water partition coefficient (Wildman–Crippen LogP) is 2.37. The Morgan fingerprint density at radius 1 is 1.29 bits per heavy atom. The zero-order valence-electron chi connectivity index (χ0n) is 8.25. The van der Waals surface area contributed by atoms with Gasteiger partial charge < -0.3 is 9.67 Å². The minimum Gasteiger partial charge on any atom is -0.508 e. The molecule has 2 heteroatoms. The smallest absolute Gasteiger partial charge is 0.116 e. The lowest BCUT2D eigenvalue weighted by atomic mass is 10.1. The second kappa shape index (κ2) is 2.53. The Labute approximate surface area is 82.8 Å². The summed E-state index contributed by atoms with van der Waals surface area (Å²) in [7, 11) is 2.11. The van der Waals surface area contributed by atoms with Gasteiger partial charge in [-0.2, -0.15) is 0 Å². The molecule has 0 saturated carbocycles. The summed E-state index contributed by atoms with van der Waals surface area (Å²) in [6, 6.07) is 5.65. The van der Waals surface area contributed by atoms with Crippen LogP contribution in [0.25, 0.3) is 10.9 Å². The lowest BCUT2D eigenvalue weighted by Gasteiger charge is -2.00. The fraction of sp³-hybridized carbons (Fsp3) is 0.333. The molecule has 14 heavy (non-hydrogen) atoms. The third-order valence-electron chi connectivity index (χ3n) is 3.26. The summed E-state index contributed by atoms with van der Waals surface area (Å²) >= 11 is 0. The summed E-state index contributed by atoms with van der Waals surface area (Å²) in [6.45, 7) is 0. The molecule has 0 spiro atoms. The molecule has 1 aromatic carbocycles. The van der Waals surface area contributed by atoms with Gasteiger partial charge in [-0.15, -0.1) is 0 Å². The van der Waals surface area contributed by atoms with Crippen molar-refractivity contribution in [2.75, 3.05) is 0 Å².